The summed E-state index contributed by atoms with van der Waals surface area (Å²) in [6.45, 7) is 6.50. The van der Waals surface area contributed by atoms with Crippen LogP contribution in [0.2, 0.25) is 0 Å². The SMILES string of the molecule is CCCC(Sc1ccc(OCc2ccccc2)c([N+](=O)[O-])n1)C(CC)COC(=O)CC. The third-order valence-corrected chi connectivity index (χ3v) is 6.26. The number of nitrogens with zero attached hydrogens (tertiary/aromatic N) is 2. The van der Waals surface area contributed by atoms with E-state index >= 15 is 0 Å². The summed E-state index contributed by atoms with van der Waals surface area (Å²) in [5.41, 5.74) is 0.922. The zero-order valence-electron chi connectivity index (χ0n) is 18.3. The van der Waals surface area contributed by atoms with Gasteiger partial charge in [-0.05, 0) is 34.4 Å². The van der Waals surface area contributed by atoms with Crippen molar-refractivity contribution >= 4 is 23.5 Å². The minimum Gasteiger partial charge on any atom is -0.481 e. The summed E-state index contributed by atoms with van der Waals surface area (Å²) in [6.07, 6.45) is 3.04. The van der Waals surface area contributed by atoms with Gasteiger partial charge in [-0.1, -0.05) is 69.3 Å². The van der Waals surface area contributed by atoms with Crippen LogP contribution in [0.1, 0.15) is 52.0 Å². The average Bonchev–Trinajstić information content (AvgIpc) is 2.79. The van der Waals surface area contributed by atoms with Gasteiger partial charge in [-0.15, -0.1) is 0 Å². The molecule has 0 aliphatic rings. The Kier molecular flexibility index (Phi) is 10.3. The highest BCUT2D eigenvalue weighted by molar-refractivity contribution is 7.99. The van der Waals surface area contributed by atoms with Crippen LogP contribution in [0.5, 0.6) is 5.75 Å². The first-order valence-corrected chi connectivity index (χ1v) is 11.5. The predicted molar refractivity (Wildman–Crippen MR) is 121 cm³/mol. The number of rotatable bonds is 13. The van der Waals surface area contributed by atoms with Crippen LogP contribution in [0.25, 0.3) is 0 Å². The molecule has 2 atom stereocenters. The molecule has 0 fully saturated rings. The van der Waals surface area contributed by atoms with Gasteiger partial charge in [0.25, 0.3) is 0 Å². The molecule has 0 radical (unpaired) electrons. The van der Waals surface area contributed by atoms with Gasteiger partial charge in [-0.25, -0.2) is 0 Å². The van der Waals surface area contributed by atoms with Gasteiger partial charge in [-0.3, -0.25) is 4.79 Å². The maximum atomic E-state index is 11.6. The number of esters is 1. The first-order valence-electron chi connectivity index (χ1n) is 10.6. The number of hydrogen-bond acceptors (Lipinski definition) is 7. The Balaban J connectivity index is 2.14. The summed E-state index contributed by atoms with van der Waals surface area (Å²) >= 11 is 1.50. The lowest BCUT2D eigenvalue weighted by molar-refractivity contribution is -0.391. The third-order valence-electron chi connectivity index (χ3n) is 4.87. The normalized spacial score (nSPS) is 12.7. The summed E-state index contributed by atoms with van der Waals surface area (Å²) in [6, 6.07) is 12.8. The van der Waals surface area contributed by atoms with Crippen LogP contribution in [-0.2, 0) is 16.1 Å². The zero-order chi connectivity index (χ0) is 22.6. The quantitative estimate of drug-likeness (QED) is 0.166. The van der Waals surface area contributed by atoms with Gasteiger partial charge in [0.2, 0.25) is 10.8 Å². The van der Waals surface area contributed by atoms with Crippen molar-refractivity contribution in [1.29, 1.82) is 0 Å². The highest BCUT2D eigenvalue weighted by atomic mass is 32.2. The molecule has 0 amide bonds. The fourth-order valence-corrected chi connectivity index (χ4v) is 4.50. The van der Waals surface area contributed by atoms with Crippen molar-refractivity contribution in [2.75, 3.05) is 6.61 Å². The Morgan fingerprint density at radius 1 is 1.16 bits per heavy atom. The number of benzene rings is 1. The molecular formula is C23H30N2O5S. The van der Waals surface area contributed by atoms with Crippen LogP contribution < -0.4 is 4.74 Å². The van der Waals surface area contributed by atoms with E-state index in [1.165, 1.54) is 11.8 Å². The average molecular weight is 447 g/mol. The molecule has 0 bridgehead atoms. The second-order valence-corrected chi connectivity index (χ2v) is 8.41. The second kappa shape index (κ2) is 12.9. The van der Waals surface area contributed by atoms with Crippen LogP contribution >= 0.6 is 11.8 Å². The molecule has 7 nitrogen and oxygen atoms in total. The number of carbonyl (C=O) groups excluding carboxylic acids is 1. The van der Waals surface area contributed by atoms with Crippen molar-refractivity contribution in [3.8, 4) is 5.75 Å². The number of ether oxygens (including phenoxy) is 2. The maximum absolute atomic E-state index is 11.6. The Bertz CT molecular complexity index is 847. The lowest BCUT2D eigenvalue weighted by atomic mass is 10.00. The van der Waals surface area contributed by atoms with Crippen molar-refractivity contribution < 1.29 is 19.2 Å². The molecule has 0 aliphatic heterocycles. The number of thioether (sulfide) groups is 1. The van der Waals surface area contributed by atoms with E-state index in [2.05, 4.69) is 18.8 Å². The van der Waals surface area contributed by atoms with E-state index in [1.54, 1.807) is 19.1 Å². The van der Waals surface area contributed by atoms with Crippen LogP contribution in [0.3, 0.4) is 0 Å². The molecule has 0 spiro atoms. The summed E-state index contributed by atoms with van der Waals surface area (Å²) in [5, 5.41) is 12.3. The van der Waals surface area contributed by atoms with E-state index < -0.39 is 4.92 Å². The third kappa shape index (κ3) is 7.86. The maximum Gasteiger partial charge on any atom is 0.407 e. The first kappa shape index (κ1) is 24.7. The molecule has 0 aliphatic carbocycles. The molecule has 2 aromatic rings. The van der Waals surface area contributed by atoms with Crippen LogP contribution in [0.4, 0.5) is 5.82 Å². The van der Waals surface area contributed by atoms with Crippen molar-refractivity contribution in [1.82, 2.24) is 4.98 Å². The smallest absolute Gasteiger partial charge is 0.407 e. The van der Waals surface area contributed by atoms with Crippen molar-refractivity contribution in [3.05, 3.63) is 58.1 Å². The number of pyridine rings is 1. The molecule has 8 heteroatoms. The summed E-state index contributed by atoms with van der Waals surface area (Å²) in [4.78, 5) is 26.9. The highest BCUT2D eigenvalue weighted by Crippen LogP contribution is 2.35. The van der Waals surface area contributed by atoms with Gasteiger partial charge in [0.1, 0.15) is 6.61 Å². The van der Waals surface area contributed by atoms with Gasteiger partial charge in [0.05, 0.1) is 6.61 Å². The fourth-order valence-electron chi connectivity index (χ4n) is 3.08. The molecule has 1 aromatic carbocycles. The van der Waals surface area contributed by atoms with E-state index in [-0.39, 0.29) is 35.3 Å². The molecular weight excluding hydrogens is 416 g/mol. The van der Waals surface area contributed by atoms with Gasteiger partial charge in [-0.2, -0.15) is 0 Å². The predicted octanol–water partition coefficient (Wildman–Crippen LogP) is 5.81. The monoisotopic (exact) mass is 446 g/mol. The van der Waals surface area contributed by atoms with Gasteiger partial charge >= 0.3 is 11.8 Å². The van der Waals surface area contributed by atoms with E-state index in [1.807, 2.05) is 30.3 Å². The van der Waals surface area contributed by atoms with Crippen LogP contribution in [0, 0.1) is 16.0 Å². The summed E-state index contributed by atoms with van der Waals surface area (Å²) in [7, 11) is 0. The number of hydrogen-bond donors (Lipinski definition) is 0. The molecule has 1 heterocycles. The Hall–Kier alpha value is -2.61. The fraction of sp³-hybridized carbons (Fsp3) is 0.478. The largest absolute Gasteiger partial charge is 0.481 e. The molecule has 1 aromatic heterocycles. The van der Waals surface area contributed by atoms with Crippen LogP contribution in [-0.4, -0.2) is 27.7 Å². The second-order valence-electron chi connectivity index (χ2n) is 7.15. The van der Waals surface area contributed by atoms with Gasteiger partial charge in [0, 0.05) is 23.7 Å². The summed E-state index contributed by atoms with van der Waals surface area (Å²) in [5.74, 6) is -0.210. The minimum atomic E-state index is -0.514. The van der Waals surface area contributed by atoms with E-state index in [0.717, 1.165) is 24.8 Å². The van der Waals surface area contributed by atoms with E-state index in [9.17, 15) is 14.9 Å². The van der Waals surface area contributed by atoms with Crippen molar-refractivity contribution in [3.63, 3.8) is 0 Å². The number of carbonyl (C=O) groups is 1. The van der Waals surface area contributed by atoms with Gasteiger partial charge < -0.3 is 19.6 Å². The molecule has 2 unspecified atom stereocenters. The van der Waals surface area contributed by atoms with Gasteiger partial charge in [0.15, 0.2) is 0 Å². The Morgan fingerprint density at radius 2 is 1.90 bits per heavy atom. The molecule has 168 valence electrons. The lowest BCUT2D eigenvalue weighted by Crippen LogP contribution is -2.23. The topological polar surface area (TPSA) is 91.6 Å². The zero-order valence-corrected chi connectivity index (χ0v) is 19.1. The molecule has 0 saturated carbocycles. The standard InChI is InChI=1S/C23H30N2O5S/c1-4-10-20(18(5-2)16-30-22(26)6-3)31-21-14-13-19(23(24-21)25(27)28)29-15-17-11-8-7-9-12-17/h7-9,11-14,18,20H,4-6,10,15-16H2,1-3H3. The highest BCUT2D eigenvalue weighted by Gasteiger charge is 2.26. The molecule has 31 heavy (non-hydrogen) atoms. The number of aromatic nitrogens is 1. The van der Waals surface area contributed by atoms with E-state index in [4.69, 9.17) is 9.47 Å². The first-order chi connectivity index (χ1) is 15.0. The molecule has 0 saturated heterocycles. The molecule has 0 N–H and O–H groups in total. The Labute approximate surface area is 187 Å². The minimum absolute atomic E-state index is 0.142. The van der Waals surface area contributed by atoms with Crippen LogP contribution in [0.15, 0.2) is 47.5 Å². The van der Waals surface area contributed by atoms with Crippen molar-refractivity contribution in [2.45, 2.75) is 63.3 Å². The molecule has 2 rings (SSSR count). The Morgan fingerprint density at radius 3 is 2.52 bits per heavy atom. The van der Waals surface area contributed by atoms with Crippen molar-refractivity contribution in [2.24, 2.45) is 5.92 Å². The number of nitro groups is 1. The summed E-state index contributed by atoms with van der Waals surface area (Å²) < 4.78 is 11.0. The van der Waals surface area contributed by atoms with E-state index in [0.29, 0.717) is 18.1 Å². The lowest BCUT2D eigenvalue weighted by Gasteiger charge is -2.24.